The van der Waals surface area contributed by atoms with E-state index in [2.05, 4.69) is 15.3 Å². The fourth-order valence-corrected chi connectivity index (χ4v) is 2.20. The first kappa shape index (κ1) is 14.2. The predicted molar refractivity (Wildman–Crippen MR) is 75.4 cm³/mol. The topological polar surface area (TPSA) is 87.1 Å². The minimum Gasteiger partial charge on any atom is -0.492 e. The van der Waals surface area contributed by atoms with Crippen molar-refractivity contribution in [1.29, 1.82) is 0 Å². The van der Waals surface area contributed by atoms with Crippen molar-refractivity contribution in [2.75, 3.05) is 19.7 Å². The van der Waals surface area contributed by atoms with Gasteiger partial charge in [-0.3, -0.25) is 4.79 Å². The third-order valence-electron chi connectivity index (χ3n) is 3.30. The Bertz CT molecular complexity index is 512. The van der Waals surface area contributed by atoms with E-state index in [-0.39, 0.29) is 11.8 Å². The Morgan fingerprint density at radius 2 is 2.30 bits per heavy atom. The number of hydrogen-bond acceptors (Lipinski definition) is 3. The van der Waals surface area contributed by atoms with Gasteiger partial charge in [0.25, 0.3) is 0 Å². The van der Waals surface area contributed by atoms with Gasteiger partial charge in [-0.2, -0.15) is 0 Å². The number of hydrogen-bond donors (Lipinski definition) is 1. The van der Waals surface area contributed by atoms with Crippen LogP contribution in [0.4, 0.5) is 0 Å². The normalized spacial score (nSPS) is 16.5. The summed E-state index contributed by atoms with van der Waals surface area (Å²) in [7, 11) is 0. The molecule has 0 aromatic heterocycles. The average Bonchev–Trinajstić information content (AvgIpc) is 2.50. The molecule has 1 aliphatic rings. The maximum atomic E-state index is 12.0. The Morgan fingerprint density at radius 3 is 3.15 bits per heavy atom. The van der Waals surface area contributed by atoms with Gasteiger partial charge in [0.05, 0.1) is 5.92 Å². The van der Waals surface area contributed by atoms with Gasteiger partial charge >= 0.3 is 0 Å². The fraction of sp³-hybridized carbons (Fsp3) is 0.500. The molecule has 0 fully saturated rings. The maximum Gasteiger partial charge on any atom is 0.226 e. The third-order valence-corrected chi connectivity index (χ3v) is 3.30. The van der Waals surface area contributed by atoms with Gasteiger partial charge in [-0.05, 0) is 36.4 Å². The van der Waals surface area contributed by atoms with Gasteiger partial charge in [0.2, 0.25) is 5.91 Å². The molecule has 0 aliphatic carbocycles. The average molecular weight is 274 g/mol. The second-order valence-corrected chi connectivity index (χ2v) is 4.77. The van der Waals surface area contributed by atoms with Crippen molar-refractivity contribution in [3.8, 4) is 5.75 Å². The zero-order valence-corrected chi connectivity index (χ0v) is 11.3. The van der Waals surface area contributed by atoms with Crippen LogP contribution in [0, 0.1) is 5.92 Å². The van der Waals surface area contributed by atoms with Crippen molar-refractivity contribution in [2.24, 2.45) is 11.0 Å². The van der Waals surface area contributed by atoms with Crippen LogP contribution in [0.15, 0.2) is 29.4 Å². The summed E-state index contributed by atoms with van der Waals surface area (Å²) >= 11 is 0. The molecule has 6 nitrogen and oxygen atoms in total. The van der Waals surface area contributed by atoms with Crippen molar-refractivity contribution in [2.45, 2.75) is 19.3 Å². The number of nitrogens with one attached hydrogen (secondary N) is 1. The number of amides is 1. The lowest BCUT2D eigenvalue weighted by atomic mass is 9.96. The van der Waals surface area contributed by atoms with Crippen LogP contribution in [0.5, 0.6) is 5.75 Å². The molecule has 1 aromatic carbocycles. The molecule has 1 aromatic rings. The smallest absolute Gasteiger partial charge is 0.226 e. The van der Waals surface area contributed by atoms with Crippen LogP contribution < -0.4 is 10.1 Å². The second-order valence-electron chi connectivity index (χ2n) is 4.77. The Morgan fingerprint density at radius 1 is 1.45 bits per heavy atom. The molecule has 106 valence electrons. The van der Waals surface area contributed by atoms with Crippen molar-refractivity contribution in [3.63, 3.8) is 0 Å². The van der Waals surface area contributed by atoms with Crippen LogP contribution >= 0.6 is 0 Å². The highest BCUT2D eigenvalue weighted by molar-refractivity contribution is 5.79. The van der Waals surface area contributed by atoms with Crippen LogP contribution in [0.3, 0.4) is 0 Å². The van der Waals surface area contributed by atoms with Crippen molar-refractivity contribution >= 4 is 5.91 Å². The molecule has 0 bridgehead atoms. The summed E-state index contributed by atoms with van der Waals surface area (Å²) in [6.07, 6.45) is 2.32. The zero-order chi connectivity index (χ0) is 14.2. The lowest BCUT2D eigenvalue weighted by Gasteiger charge is -2.24. The molecule has 0 spiro atoms. The molecule has 1 atom stereocenters. The molecule has 6 heteroatoms. The van der Waals surface area contributed by atoms with Gasteiger partial charge in [0.1, 0.15) is 12.4 Å². The quantitative estimate of drug-likeness (QED) is 0.374. The first-order chi connectivity index (χ1) is 9.81. The summed E-state index contributed by atoms with van der Waals surface area (Å²) < 4.78 is 5.60. The summed E-state index contributed by atoms with van der Waals surface area (Å²) in [5, 5.41) is 6.36. The molecular formula is C14H18N4O2. The molecule has 1 heterocycles. The van der Waals surface area contributed by atoms with E-state index < -0.39 is 0 Å². The molecule has 1 unspecified atom stereocenters. The van der Waals surface area contributed by atoms with Crippen molar-refractivity contribution in [3.05, 3.63) is 40.3 Å². The van der Waals surface area contributed by atoms with E-state index in [1.165, 1.54) is 0 Å². The predicted octanol–water partition coefficient (Wildman–Crippen LogP) is 2.44. The van der Waals surface area contributed by atoms with E-state index in [0.717, 1.165) is 30.6 Å². The SMILES string of the molecule is [N-]=[N+]=NCCCCNC(=O)C1COc2ccccc2C1. The summed E-state index contributed by atoms with van der Waals surface area (Å²) in [6, 6.07) is 7.81. The molecular weight excluding hydrogens is 256 g/mol. The minimum atomic E-state index is -0.123. The van der Waals surface area contributed by atoms with Crippen LogP contribution in [0.1, 0.15) is 18.4 Å². The first-order valence-electron chi connectivity index (χ1n) is 6.80. The van der Waals surface area contributed by atoms with Crippen LogP contribution in [-0.4, -0.2) is 25.6 Å². The Balaban J connectivity index is 1.73. The molecule has 0 saturated heterocycles. The van der Waals surface area contributed by atoms with Crippen LogP contribution in [-0.2, 0) is 11.2 Å². The van der Waals surface area contributed by atoms with E-state index in [1.54, 1.807) is 0 Å². The van der Waals surface area contributed by atoms with E-state index in [1.807, 2.05) is 24.3 Å². The molecule has 1 aliphatic heterocycles. The monoisotopic (exact) mass is 274 g/mol. The largest absolute Gasteiger partial charge is 0.492 e. The van der Waals surface area contributed by atoms with E-state index in [9.17, 15) is 4.79 Å². The molecule has 0 saturated carbocycles. The Labute approximate surface area is 117 Å². The van der Waals surface area contributed by atoms with E-state index >= 15 is 0 Å². The van der Waals surface area contributed by atoms with Gasteiger partial charge in [-0.25, -0.2) is 0 Å². The highest BCUT2D eigenvalue weighted by Crippen LogP contribution is 2.26. The number of carbonyl (C=O) groups excluding carboxylic acids is 1. The zero-order valence-electron chi connectivity index (χ0n) is 11.3. The number of nitrogens with zero attached hydrogens (tertiary/aromatic N) is 3. The van der Waals surface area contributed by atoms with Gasteiger partial charge < -0.3 is 10.1 Å². The minimum absolute atomic E-state index is 0.0308. The number of rotatable bonds is 6. The number of azide groups is 1. The fourth-order valence-electron chi connectivity index (χ4n) is 2.20. The highest BCUT2D eigenvalue weighted by Gasteiger charge is 2.25. The van der Waals surface area contributed by atoms with Crippen LogP contribution in [0.25, 0.3) is 10.4 Å². The molecule has 2 rings (SSSR count). The third kappa shape index (κ3) is 3.90. The second kappa shape index (κ2) is 7.40. The number of carbonyl (C=O) groups is 1. The number of unbranched alkanes of at least 4 members (excludes halogenated alkanes) is 1. The highest BCUT2D eigenvalue weighted by atomic mass is 16.5. The lowest BCUT2D eigenvalue weighted by molar-refractivity contribution is -0.126. The molecule has 20 heavy (non-hydrogen) atoms. The molecule has 0 radical (unpaired) electrons. The number of fused-ring (bicyclic) bond motifs is 1. The van der Waals surface area contributed by atoms with Gasteiger partial charge in [-0.15, -0.1) is 0 Å². The lowest BCUT2D eigenvalue weighted by Crippen LogP contribution is -2.37. The van der Waals surface area contributed by atoms with Gasteiger partial charge in [0, 0.05) is 18.0 Å². The maximum absolute atomic E-state index is 12.0. The van der Waals surface area contributed by atoms with E-state index in [4.69, 9.17) is 10.3 Å². The summed E-state index contributed by atoms with van der Waals surface area (Å²) in [5.74, 6) is 0.788. The summed E-state index contributed by atoms with van der Waals surface area (Å²) in [6.45, 7) is 1.52. The molecule has 1 N–H and O–H groups in total. The van der Waals surface area contributed by atoms with Crippen LogP contribution in [0.2, 0.25) is 0 Å². The van der Waals surface area contributed by atoms with Gasteiger partial charge in [-0.1, -0.05) is 23.3 Å². The summed E-state index contributed by atoms with van der Waals surface area (Å²) in [4.78, 5) is 14.7. The Kier molecular flexibility index (Phi) is 5.26. The number of ether oxygens (including phenoxy) is 1. The number of para-hydroxylation sites is 1. The van der Waals surface area contributed by atoms with Crippen molar-refractivity contribution in [1.82, 2.24) is 5.32 Å². The van der Waals surface area contributed by atoms with Gasteiger partial charge in [0.15, 0.2) is 0 Å². The number of benzene rings is 1. The van der Waals surface area contributed by atoms with E-state index in [0.29, 0.717) is 19.7 Å². The molecule has 1 amide bonds. The first-order valence-corrected chi connectivity index (χ1v) is 6.80. The summed E-state index contributed by atoms with van der Waals surface area (Å²) in [5.41, 5.74) is 9.22. The van der Waals surface area contributed by atoms with Crippen molar-refractivity contribution < 1.29 is 9.53 Å². The Hall–Kier alpha value is -2.20. The standard InChI is InChI=1S/C14H18N4O2/c15-18-17-8-4-3-7-16-14(19)12-9-11-5-1-2-6-13(11)20-10-12/h1-2,5-6,12H,3-4,7-10H2,(H,16,19).